The lowest BCUT2D eigenvalue weighted by molar-refractivity contribution is 0.0968. The van der Waals surface area contributed by atoms with E-state index in [1.165, 1.54) is 24.2 Å². The lowest BCUT2D eigenvalue weighted by Crippen LogP contribution is -2.17. The summed E-state index contributed by atoms with van der Waals surface area (Å²) in [5, 5.41) is 6.99. The maximum Gasteiger partial charge on any atom is 0.263 e. The van der Waals surface area contributed by atoms with Crippen LogP contribution in [0.5, 0.6) is 0 Å². The van der Waals surface area contributed by atoms with Gasteiger partial charge in [0, 0.05) is 19.2 Å². The van der Waals surface area contributed by atoms with Gasteiger partial charge in [0.2, 0.25) is 0 Å². The van der Waals surface area contributed by atoms with Crippen molar-refractivity contribution >= 4 is 27.9 Å². The van der Waals surface area contributed by atoms with Gasteiger partial charge < -0.3 is 16.4 Å². The molecule has 16 heavy (non-hydrogen) atoms. The molecule has 0 atom stereocenters. The van der Waals surface area contributed by atoms with E-state index in [4.69, 9.17) is 5.73 Å². The maximum absolute atomic E-state index is 11.6. The summed E-state index contributed by atoms with van der Waals surface area (Å²) in [7, 11) is 1.63. The number of thiophene rings is 1. The molecule has 88 valence electrons. The van der Waals surface area contributed by atoms with Crippen molar-refractivity contribution in [3.05, 3.63) is 10.4 Å². The Kier molecular flexibility index (Phi) is 3.05. The van der Waals surface area contributed by atoms with E-state index < -0.39 is 0 Å². The van der Waals surface area contributed by atoms with Crippen molar-refractivity contribution in [2.24, 2.45) is 0 Å². The first-order valence-corrected chi connectivity index (χ1v) is 6.38. The van der Waals surface area contributed by atoms with Crippen LogP contribution < -0.4 is 16.4 Å². The Bertz CT molecular complexity index is 410. The zero-order chi connectivity index (χ0) is 11.7. The van der Waals surface area contributed by atoms with Gasteiger partial charge in [-0.25, -0.2) is 0 Å². The first-order chi connectivity index (χ1) is 7.69. The van der Waals surface area contributed by atoms with Crippen molar-refractivity contribution in [1.82, 2.24) is 5.32 Å². The lowest BCUT2D eigenvalue weighted by atomic mass is 10.1. The molecule has 1 aliphatic rings. The molecule has 1 aliphatic carbocycles. The molecule has 1 amide bonds. The minimum absolute atomic E-state index is 0.0893. The third kappa shape index (κ3) is 1.87. The molecule has 0 spiro atoms. The van der Waals surface area contributed by atoms with E-state index in [1.54, 1.807) is 7.05 Å². The Hall–Kier alpha value is -1.23. The molecule has 1 aromatic rings. The molecule has 0 unspecified atom stereocenters. The standard InChI is InChI=1S/C11H17N3OS/c1-3-14-11-7(6-4-5-6)8(12)9(16-11)10(15)13-2/h6,14H,3-5,12H2,1-2H3,(H,13,15). The molecule has 1 fully saturated rings. The van der Waals surface area contributed by atoms with E-state index in [1.807, 2.05) is 6.92 Å². The fourth-order valence-electron chi connectivity index (χ4n) is 1.81. The molecule has 4 nitrogen and oxygen atoms in total. The second-order valence-corrected chi connectivity index (χ2v) is 4.99. The quantitative estimate of drug-likeness (QED) is 0.753. The van der Waals surface area contributed by atoms with Crippen LogP contribution in [0.1, 0.15) is 40.9 Å². The third-order valence-electron chi connectivity index (χ3n) is 2.74. The number of carbonyl (C=O) groups excluding carboxylic acids is 1. The summed E-state index contributed by atoms with van der Waals surface area (Å²) in [6, 6.07) is 0. The van der Waals surface area contributed by atoms with Crippen LogP contribution in [0.2, 0.25) is 0 Å². The van der Waals surface area contributed by atoms with E-state index in [9.17, 15) is 4.79 Å². The van der Waals surface area contributed by atoms with E-state index in [-0.39, 0.29) is 5.91 Å². The molecule has 1 heterocycles. The summed E-state index contributed by atoms with van der Waals surface area (Å²) in [5.41, 5.74) is 7.89. The second kappa shape index (κ2) is 4.33. The fraction of sp³-hybridized carbons (Fsp3) is 0.545. The summed E-state index contributed by atoms with van der Waals surface area (Å²) in [6.45, 7) is 2.90. The number of nitrogen functional groups attached to an aromatic ring is 1. The van der Waals surface area contributed by atoms with Crippen LogP contribution >= 0.6 is 11.3 Å². The summed E-state index contributed by atoms with van der Waals surface area (Å²) in [4.78, 5) is 12.3. The summed E-state index contributed by atoms with van der Waals surface area (Å²) >= 11 is 1.46. The predicted molar refractivity (Wildman–Crippen MR) is 68.3 cm³/mol. The van der Waals surface area contributed by atoms with Crippen molar-refractivity contribution < 1.29 is 4.79 Å². The number of carbonyl (C=O) groups is 1. The van der Waals surface area contributed by atoms with Gasteiger partial charge in [0.05, 0.1) is 10.7 Å². The molecule has 0 aromatic carbocycles. The molecule has 1 saturated carbocycles. The van der Waals surface area contributed by atoms with Gasteiger partial charge in [-0.1, -0.05) is 0 Å². The van der Waals surface area contributed by atoms with Crippen molar-refractivity contribution in [3.8, 4) is 0 Å². The molecule has 5 heteroatoms. The first kappa shape index (κ1) is 11.3. The highest BCUT2D eigenvalue weighted by Gasteiger charge is 2.32. The average molecular weight is 239 g/mol. The SMILES string of the molecule is CCNc1sc(C(=O)NC)c(N)c1C1CC1. The number of hydrogen-bond donors (Lipinski definition) is 3. The molecule has 0 aliphatic heterocycles. The van der Waals surface area contributed by atoms with Crippen molar-refractivity contribution in [1.29, 1.82) is 0 Å². The average Bonchev–Trinajstić information content (AvgIpc) is 3.04. The largest absolute Gasteiger partial charge is 0.397 e. The van der Waals surface area contributed by atoms with E-state index in [0.29, 0.717) is 16.5 Å². The monoisotopic (exact) mass is 239 g/mol. The highest BCUT2D eigenvalue weighted by Crippen LogP contribution is 2.50. The summed E-state index contributed by atoms with van der Waals surface area (Å²) < 4.78 is 0. The number of nitrogens with two attached hydrogens (primary N) is 1. The Labute approximate surface area is 99.2 Å². The van der Waals surface area contributed by atoms with Crippen LogP contribution in [0, 0.1) is 0 Å². The van der Waals surface area contributed by atoms with Gasteiger partial charge in [0.25, 0.3) is 5.91 Å². The van der Waals surface area contributed by atoms with Gasteiger partial charge >= 0.3 is 0 Å². The van der Waals surface area contributed by atoms with Gasteiger partial charge in [0.1, 0.15) is 4.88 Å². The molecular formula is C11H17N3OS. The van der Waals surface area contributed by atoms with Gasteiger partial charge in [-0.05, 0) is 25.7 Å². The lowest BCUT2D eigenvalue weighted by Gasteiger charge is -2.03. The first-order valence-electron chi connectivity index (χ1n) is 5.57. The van der Waals surface area contributed by atoms with Crippen molar-refractivity contribution in [2.45, 2.75) is 25.7 Å². The maximum atomic E-state index is 11.6. The normalized spacial score (nSPS) is 14.9. The van der Waals surface area contributed by atoms with Crippen LogP contribution in [-0.4, -0.2) is 19.5 Å². The van der Waals surface area contributed by atoms with Gasteiger partial charge in [-0.15, -0.1) is 11.3 Å². The van der Waals surface area contributed by atoms with E-state index >= 15 is 0 Å². The van der Waals surface area contributed by atoms with Gasteiger partial charge in [-0.3, -0.25) is 4.79 Å². The number of hydrogen-bond acceptors (Lipinski definition) is 4. The zero-order valence-corrected chi connectivity index (χ0v) is 10.4. The van der Waals surface area contributed by atoms with Crippen LogP contribution in [-0.2, 0) is 0 Å². The van der Waals surface area contributed by atoms with Crippen LogP contribution in [0.3, 0.4) is 0 Å². The van der Waals surface area contributed by atoms with Crippen LogP contribution in [0.4, 0.5) is 10.7 Å². The Balaban J connectivity index is 2.40. The van der Waals surface area contributed by atoms with Gasteiger partial charge in [-0.2, -0.15) is 0 Å². The molecule has 2 rings (SSSR count). The Morgan fingerprint density at radius 3 is 2.75 bits per heavy atom. The Morgan fingerprint density at radius 2 is 2.25 bits per heavy atom. The zero-order valence-electron chi connectivity index (χ0n) is 9.59. The van der Waals surface area contributed by atoms with E-state index in [0.717, 1.165) is 17.1 Å². The van der Waals surface area contributed by atoms with Crippen LogP contribution in [0.25, 0.3) is 0 Å². The smallest absolute Gasteiger partial charge is 0.263 e. The third-order valence-corrected chi connectivity index (χ3v) is 3.92. The number of rotatable bonds is 4. The highest BCUT2D eigenvalue weighted by molar-refractivity contribution is 7.18. The van der Waals surface area contributed by atoms with Gasteiger partial charge in [0.15, 0.2) is 0 Å². The van der Waals surface area contributed by atoms with Crippen molar-refractivity contribution in [2.75, 3.05) is 24.6 Å². The molecule has 4 N–H and O–H groups in total. The molecule has 0 saturated heterocycles. The predicted octanol–water partition coefficient (Wildman–Crippen LogP) is 2.00. The Morgan fingerprint density at radius 1 is 1.56 bits per heavy atom. The number of amides is 1. The fourth-order valence-corrected chi connectivity index (χ4v) is 3.03. The topological polar surface area (TPSA) is 67.2 Å². The summed E-state index contributed by atoms with van der Waals surface area (Å²) in [5.74, 6) is 0.470. The van der Waals surface area contributed by atoms with Crippen LogP contribution in [0.15, 0.2) is 0 Å². The number of anilines is 2. The highest BCUT2D eigenvalue weighted by atomic mass is 32.1. The summed E-state index contributed by atoms with van der Waals surface area (Å²) in [6.07, 6.45) is 2.37. The minimum Gasteiger partial charge on any atom is -0.397 e. The molecule has 1 aromatic heterocycles. The molecular weight excluding hydrogens is 222 g/mol. The van der Waals surface area contributed by atoms with Crippen molar-refractivity contribution in [3.63, 3.8) is 0 Å². The second-order valence-electron chi connectivity index (χ2n) is 3.97. The molecule has 0 radical (unpaired) electrons. The van der Waals surface area contributed by atoms with E-state index in [2.05, 4.69) is 10.6 Å². The molecule has 0 bridgehead atoms. The minimum atomic E-state index is -0.0893. The number of nitrogens with one attached hydrogen (secondary N) is 2.